The lowest BCUT2D eigenvalue weighted by molar-refractivity contribution is -0.121. The van der Waals surface area contributed by atoms with E-state index in [4.69, 9.17) is 11.6 Å². The lowest BCUT2D eigenvalue weighted by Crippen LogP contribution is -2.53. The number of aromatic amines is 2. The molecule has 2 aromatic heterocycles. The van der Waals surface area contributed by atoms with Gasteiger partial charge < -0.3 is 15.3 Å². The van der Waals surface area contributed by atoms with Gasteiger partial charge in [-0.05, 0) is 37.3 Å². The van der Waals surface area contributed by atoms with Gasteiger partial charge in [0.25, 0.3) is 10.0 Å². The molecule has 0 spiro atoms. The Kier molecular flexibility index (Phi) is 5.73. The van der Waals surface area contributed by atoms with E-state index in [-0.39, 0.29) is 15.8 Å². The van der Waals surface area contributed by atoms with Gasteiger partial charge in [0.2, 0.25) is 5.91 Å². The van der Waals surface area contributed by atoms with Gasteiger partial charge in [0.05, 0.1) is 21.4 Å². The van der Waals surface area contributed by atoms with Crippen molar-refractivity contribution < 1.29 is 13.2 Å². The second-order valence-electron chi connectivity index (χ2n) is 7.00. The molecule has 12 heteroatoms. The number of sulfonamides is 1. The fourth-order valence-electron chi connectivity index (χ4n) is 3.42. The molecule has 1 aromatic carbocycles. The molecule has 3 aromatic rings. The number of imidazole rings is 1. The molecule has 3 N–H and O–H groups in total. The molecule has 3 heterocycles. The smallest absolute Gasteiger partial charge is 0.323 e. The van der Waals surface area contributed by atoms with E-state index < -0.39 is 16.1 Å². The first-order valence-electron chi connectivity index (χ1n) is 9.26. The number of nitrogens with zero attached hydrogens (tertiary/aromatic N) is 2. The fourth-order valence-corrected chi connectivity index (χ4v) is 6.48. The predicted molar refractivity (Wildman–Crippen MR) is 117 cm³/mol. The molecule has 1 unspecified atom stereocenters. The summed E-state index contributed by atoms with van der Waals surface area (Å²) < 4.78 is 27.5. The summed E-state index contributed by atoms with van der Waals surface area (Å²) in [5, 5.41) is 2.85. The van der Waals surface area contributed by atoms with Crippen molar-refractivity contribution in [3.63, 3.8) is 0 Å². The number of anilines is 1. The zero-order valence-electron chi connectivity index (χ0n) is 16.0. The Bertz CT molecular complexity index is 1240. The number of hydrogen-bond donors (Lipinski definition) is 3. The van der Waals surface area contributed by atoms with E-state index in [1.54, 1.807) is 31.2 Å². The standard InChI is InChI=1S/C18H20ClN5O4S2/c1-11(17(25)20-12-2-3-13-14(10-12)22-18(26)21-13)23-6-8-24(9-7-23)30(27,28)16-5-4-15(19)29-16/h2-5,10-11H,6-9H2,1H3,(H,20,25)(H2,21,22,26). The molecule has 1 aliphatic rings. The fraction of sp³-hybridized carbons (Fsp3) is 0.333. The second-order valence-corrected chi connectivity index (χ2v) is 10.9. The molecule has 30 heavy (non-hydrogen) atoms. The number of H-pyrrole nitrogens is 2. The van der Waals surface area contributed by atoms with E-state index in [1.165, 1.54) is 10.4 Å². The minimum Gasteiger partial charge on any atom is -0.325 e. The third-order valence-corrected chi connectivity index (χ3v) is 8.72. The van der Waals surface area contributed by atoms with E-state index in [9.17, 15) is 18.0 Å². The van der Waals surface area contributed by atoms with Crippen molar-refractivity contribution in [1.29, 1.82) is 0 Å². The van der Waals surface area contributed by atoms with Crippen LogP contribution in [0.4, 0.5) is 5.69 Å². The van der Waals surface area contributed by atoms with Crippen LogP contribution < -0.4 is 11.0 Å². The maximum absolute atomic E-state index is 12.7. The van der Waals surface area contributed by atoms with Gasteiger partial charge in [-0.1, -0.05) is 11.6 Å². The number of nitrogens with one attached hydrogen (secondary N) is 3. The average Bonchev–Trinajstić information content (AvgIpc) is 3.32. The molecule has 0 aliphatic carbocycles. The normalized spacial score (nSPS) is 17.3. The summed E-state index contributed by atoms with van der Waals surface area (Å²) in [7, 11) is -3.57. The van der Waals surface area contributed by atoms with Gasteiger partial charge in [0, 0.05) is 31.9 Å². The highest BCUT2D eigenvalue weighted by molar-refractivity contribution is 7.91. The average molecular weight is 470 g/mol. The number of carbonyl (C=O) groups is 1. The quantitative estimate of drug-likeness (QED) is 0.527. The number of carbonyl (C=O) groups excluding carboxylic acids is 1. The molecule has 1 aliphatic heterocycles. The summed E-state index contributed by atoms with van der Waals surface area (Å²) in [5.41, 5.74) is 1.54. The van der Waals surface area contributed by atoms with E-state index in [0.29, 0.717) is 47.2 Å². The molecule has 1 atom stereocenters. The first kappa shape index (κ1) is 21.1. The maximum atomic E-state index is 12.7. The number of piperazine rings is 1. The van der Waals surface area contributed by atoms with Crippen molar-refractivity contribution in [2.75, 3.05) is 31.5 Å². The minimum absolute atomic E-state index is 0.200. The summed E-state index contributed by atoms with van der Waals surface area (Å²) >= 11 is 6.91. The molecule has 0 saturated carbocycles. The minimum atomic E-state index is -3.57. The molecular weight excluding hydrogens is 450 g/mol. The van der Waals surface area contributed by atoms with Crippen molar-refractivity contribution in [3.05, 3.63) is 45.2 Å². The Balaban J connectivity index is 1.37. The topological polar surface area (TPSA) is 118 Å². The zero-order chi connectivity index (χ0) is 21.5. The van der Waals surface area contributed by atoms with Crippen LogP contribution in [0.15, 0.2) is 39.3 Å². The van der Waals surface area contributed by atoms with E-state index in [2.05, 4.69) is 15.3 Å². The number of hydrogen-bond acceptors (Lipinski definition) is 6. The van der Waals surface area contributed by atoms with Gasteiger partial charge >= 0.3 is 5.69 Å². The Morgan fingerprint density at radius 3 is 2.50 bits per heavy atom. The summed E-state index contributed by atoms with van der Waals surface area (Å²) in [6.45, 7) is 3.27. The van der Waals surface area contributed by atoms with Gasteiger partial charge in [0.15, 0.2) is 0 Å². The van der Waals surface area contributed by atoms with Crippen molar-refractivity contribution in [3.8, 4) is 0 Å². The van der Waals surface area contributed by atoms with Gasteiger partial charge in [0.1, 0.15) is 4.21 Å². The molecule has 0 radical (unpaired) electrons. The first-order chi connectivity index (χ1) is 14.2. The Hall–Kier alpha value is -2.18. The van der Waals surface area contributed by atoms with Crippen molar-refractivity contribution >= 4 is 55.6 Å². The molecule has 1 saturated heterocycles. The highest BCUT2D eigenvalue weighted by atomic mass is 35.5. The third kappa shape index (κ3) is 4.16. The molecule has 160 valence electrons. The summed E-state index contributed by atoms with van der Waals surface area (Å²) in [6, 6.07) is 7.77. The number of halogens is 1. The van der Waals surface area contributed by atoms with Crippen LogP contribution in [0.5, 0.6) is 0 Å². The van der Waals surface area contributed by atoms with Gasteiger partial charge in [-0.2, -0.15) is 4.31 Å². The highest BCUT2D eigenvalue weighted by Crippen LogP contribution is 2.28. The molecular formula is C18H20ClN5O4S2. The van der Waals surface area contributed by atoms with Crippen molar-refractivity contribution in [2.45, 2.75) is 17.2 Å². The number of fused-ring (bicyclic) bond motifs is 1. The van der Waals surface area contributed by atoms with Gasteiger partial charge in [-0.25, -0.2) is 13.2 Å². The van der Waals surface area contributed by atoms with Crippen LogP contribution in [0.1, 0.15) is 6.92 Å². The zero-order valence-corrected chi connectivity index (χ0v) is 18.4. The largest absolute Gasteiger partial charge is 0.325 e. The Morgan fingerprint density at radius 2 is 1.83 bits per heavy atom. The van der Waals surface area contributed by atoms with Crippen LogP contribution >= 0.6 is 22.9 Å². The molecule has 0 bridgehead atoms. The third-order valence-electron chi connectivity index (χ3n) is 5.13. The number of amides is 1. The van der Waals surface area contributed by atoms with E-state index >= 15 is 0 Å². The molecule has 1 amide bonds. The lowest BCUT2D eigenvalue weighted by Gasteiger charge is -2.36. The maximum Gasteiger partial charge on any atom is 0.323 e. The molecule has 9 nitrogen and oxygen atoms in total. The number of benzene rings is 1. The molecule has 4 rings (SSSR count). The van der Waals surface area contributed by atoms with E-state index in [1.807, 2.05) is 4.90 Å². The Morgan fingerprint density at radius 1 is 1.13 bits per heavy atom. The second kappa shape index (κ2) is 8.16. The monoisotopic (exact) mass is 469 g/mol. The Labute approximate surface area is 181 Å². The van der Waals surface area contributed by atoms with Crippen LogP contribution in [0.2, 0.25) is 4.34 Å². The van der Waals surface area contributed by atoms with Gasteiger partial charge in [-0.15, -0.1) is 11.3 Å². The van der Waals surface area contributed by atoms with Crippen molar-refractivity contribution in [1.82, 2.24) is 19.2 Å². The SMILES string of the molecule is CC(C(=O)Nc1ccc2[nH]c(=O)[nH]c2c1)N1CCN(S(=O)(=O)c2ccc(Cl)s2)CC1. The summed E-state index contributed by atoms with van der Waals surface area (Å²) in [6.07, 6.45) is 0. The summed E-state index contributed by atoms with van der Waals surface area (Å²) in [4.78, 5) is 31.3. The van der Waals surface area contributed by atoms with Crippen LogP contribution in [0.3, 0.4) is 0 Å². The van der Waals surface area contributed by atoms with E-state index in [0.717, 1.165) is 11.3 Å². The van der Waals surface area contributed by atoms with Crippen LogP contribution in [-0.4, -0.2) is 65.7 Å². The first-order valence-corrected chi connectivity index (χ1v) is 11.9. The molecule has 1 fully saturated rings. The highest BCUT2D eigenvalue weighted by Gasteiger charge is 2.32. The summed E-state index contributed by atoms with van der Waals surface area (Å²) in [5.74, 6) is -0.200. The predicted octanol–water partition coefficient (Wildman–Crippen LogP) is 1.90. The van der Waals surface area contributed by atoms with Crippen molar-refractivity contribution in [2.24, 2.45) is 0 Å². The number of thiophene rings is 1. The van der Waals surface area contributed by atoms with Crippen LogP contribution in [0.25, 0.3) is 11.0 Å². The van der Waals surface area contributed by atoms with Gasteiger partial charge in [-0.3, -0.25) is 9.69 Å². The number of aromatic nitrogens is 2. The number of rotatable bonds is 5. The van der Waals surface area contributed by atoms with Crippen LogP contribution in [0, 0.1) is 0 Å². The lowest BCUT2D eigenvalue weighted by atomic mass is 10.2. The van der Waals surface area contributed by atoms with Crippen LogP contribution in [-0.2, 0) is 14.8 Å².